The first-order valence-corrected chi connectivity index (χ1v) is 11.3. The summed E-state index contributed by atoms with van der Waals surface area (Å²) in [7, 11) is 0. The lowest BCUT2D eigenvalue weighted by atomic mass is 9.96. The number of hydrogen-bond donors (Lipinski definition) is 1. The summed E-state index contributed by atoms with van der Waals surface area (Å²) in [6, 6.07) is 6.25. The lowest BCUT2D eigenvalue weighted by Crippen LogP contribution is -2.25. The fraction of sp³-hybridized carbons (Fsp3) is 0.500. The number of carbonyl (C=O) groups is 1. The summed E-state index contributed by atoms with van der Waals surface area (Å²) < 4.78 is 7.44. The van der Waals surface area contributed by atoms with Crippen molar-refractivity contribution in [3.8, 4) is 17.0 Å². The van der Waals surface area contributed by atoms with E-state index in [0.29, 0.717) is 23.4 Å². The molecule has 1 saturated carbocycles. The molecule has 154 valence electrons. The largest absolute Gasteiger partial charge is 0.482 e. The number of ether oxygens (including phenoxy) is 1. The summed E-state index contributed by atoms with van der Waals surface area (Å²) in [6.07, 6.45) is 9.04. The van der Waals surface area contributed by atoms with Gasteiger partial charge in [0.15, 0.2) is 6.61 Å². The molecule has 2 aliphatic rings. The molecule has 1 aromatic heterocycles. The quantitative estimate of drug-likeness (QED) is 0.726. The predicted molar refractivity (Wildman–Crippen MR) is 118 cm³/mol. The van der Waals surface area contributed by atoms with E-state index < -0.39 is 0 Å². The first-order valence-electron chi connectivity index (χ1n) is 10.4. The molecule has 4 rings (SSSR count). The van der Waals surface area contributed by atoms with Gasteiger partial charge in [-0.3, -0.25) is 9.79 Å². The molecule has 1 aromatic carbocycles. The molecule has 1 amide bonds. The van der Waals surface area contributed by atoms with Crippen molar-refractivity contribution in [3.05, 3.63) is 28.4 Å². The van der Waals surface area contributed by atoms with Crippen molar-refractivity contribution in [1.82, 2.24) is 4.68 Å². The maximum absolute atomic E-state index is 11.7. The second-order valence-electron chi connectivity index (χ2n) is 8.11. The van der Waals surface area contributed by atoms with Crippen LogP contribution in [0.1, 0.15) is 52.4 Å². The maximum atomic E-state index is 11.7. The highest BCUT2D eigenvalue weighted by molar-refractivity contribution is 7.07. The molecule has 2 heterocycles. The van der Waals surface area contributed by atoms with Crippen LogP contribution in [0.4, 0.5) is 5.69 Å². The number of thiazole rings is 1. The van der Waals surface area contributed by atoms with Crippen LogP contribution in [0.5, 0.6) is 5.75 Å². The number of amides is 1. The normalized spacial score (nSPS) is 18.2. The minimum atomic E-state index is -0.129. The lowest BCUT2D eigenvalue weighted by molar-refractivity contribution is -0.118. The number of aromatic nitrogens is 1. The Morgan fingerprint density at radius 1 is 1.31 bits per heavy atom. The molecule has 29 heavy (non-hydrogen) atoms. The third-order valence-corrected chi connectivity index (χ3v) is 6.07. The van der Waals surface area contributed by atoms with Crippen LogP contribution in [-0.4, -0.2) is 29.4 Å². The Morgan fingerprint density at radius 2 is 2.14 bits per heavy atom. The molecule has 0 unspecified atom stereocenters. The fourth-order valence-corrected chi connectivity index (χ4v) is 4.56. The van der Waals surface area contributed by atoms with E-state index in [-0.39, 0.29) is 12.5 Å². The zero-order valence-electron chi connectivity index (χ0n) is 17.1. The van der Waals surface area contributed by atoms with Gasteiger partial charge in [0.05, 0.1) is 17.4 Å². The summed E-state index contributed by atoms with van der Waals surface area (Å²) in [6.45, 7) is 4.43. The van der Waals surface area contributed by atoms with E-state index >= 15 is 0 Å². The van der Waals surface area contributed by atoms with E-state index in [1.807, 2.05) is 29.1 Å². The van der Waals surface area contributed by atoms with Crippen LogP contribution < -0.4 is 14.9 Å². The second-order valence-corrected chi connectivity index (χ2v) is 8.95. The van der Waals surface area contributed by atoms with Gasteiger partial charge in [-0.1, -0.05) is 33.1 Å². The van der Waals surface area contributed by atoms with E-state index in [2.05, 4.69) is 24.5 Å². The molecule has 1 aliphatic heterocycles. The van der Waals surface area contributed by atoms with E-state index in [0.717, 1.165) is 35.3 Å². The van der Waals surface area contributed by atoms with Crippen molar-refractivity contribution >= 4 is 29.1 Å². The Kier molecular flexibility index (Phi) is 6.13. The van der Waals surface area contributed by atoms with Crippen LogP contribution >= 0.6 is 11.3 Å². The fourth-order valence-electron chi connectivity index (χ4n) is 3.65. The number of nitrogens with one attached hydrogen (secondary N) is 1. The number of nitrogens with zero attached hydrogens (tertiary/aromatic N) is 3. The Labute approximate surface area is 175 Å². The number of rotatable bonds is 5. The van der Waals surface area contributed by atoms with Crippen LogP contribution in [0.25, 0.3) is 11.3 Å². The number of carbonyl (C=O) groups excluding carboxylic acids is 1. The topological polar surface area (TPSA) is 68.0 Å². The molecule has 2 aromatic rings. The van der Waals surface area contributed by atoms with E-state index in [4.69, 9.17) is 14.8 Å². The first kappa shape index (κ1) is 19.9. The summed E-state index contributed by atoms with van der Waals surface area (Å²) >= 11 is 1.63. The molecule has 1 aliphatic carbocycles. The number of benzene rings is 1. The molecule has 7 heteroatoms. The van der Waals surface area contributed by atoms with Gasteiger partial charge in [0, 0.05) is 17.2 Å². The molecule has 0 bridgehead atoms. The molecule has 6 nitrogen and oxygen atoms in total. The van der Waals surface area contributed by atoms with E-state index in [1.54, 1.807) is 11.3 Å². The molecule has 1 N–H and O–H groups in total. The maximum Gasteiger partial charge on any atom is 0.262 e. The first-order chi connectivity index (χ1) is 14.1. The predicted octanol–water partition coefficient (Wildman–Crippen LogP) is 4.66. The van der Waals surface area contributed by atoms with E-state index in [9.17, 15) is 4.79 Å². The van der Waals surface area contributed by atoms with E-state index in [1.165, 1.54) is 19.3 Å². The summed E-state index contributed by atoms with van der Waals surface area (Å²) in [5.41, 5.74) is 2.67. The third-order valence-electron chi connectivity index (χ3n) is 5.24. The highest BCUT2D eigenvalue weighted by Gasteiger charge is 2.18. The zero-order valence-corrected chi connectivity index (χ0v) is 17.9. The van der Waals surface area contributed by atoms with Gasteiger partial charge in [-0.05, 0) is 43.4 Å². The van der Waals surface area contributed by atoms with Gasteiger partial charge >= 0.3 is 0 Å². The molecule has 0 saturated heterocycles. The average molecular weight is 413 g/mol. The number of fused-ring (bicyclic) bond motifs is 1. The standard InChI is InChI=1S/C22H28N4O2S/c1-15(2)10-11-23-26-19(14-29-22(26)24-17-6-4-3-5-7-17)16-8-9-20-18(12-16)25-21(27)13-28-20/h8-9,11-12,14-15,17H,3-7,10,13H2,1-2H3,(H,25,27). The van der Waals surface area contributed by atoms with Crippen molar-refractivity contribution in [2.45, 2.75) is 58.4 Å². The van der Waals surface area contributed by atoms with Crippen LogP contribution in [0, 0.1) is 5.92 Å². The van der Waals surface area contributed by atoms with Crippen molar-refractivity contribution in [2.24, 2.45) is 16.0 Å². The second kappa shape index (κ2) is 8.95. The minimum absolute atomic E-state index is 0.0642. The Morgan fingerprint density at radius 3 is 2.93 bits per heavy atom. The summed E-state index contributed by atoms with van der Waals surface area (Å²) in [5.74, 6) is 1.12. The van der Waals surface area contributed by atoms with Gasteiger partial charge in [0.1, 0.15) is 5.75 Å². The van der Waals surface area contributed by atoms with Gasteiger partial charge in [0.2, 0.25) is 4.80 Å². The van der Waals surface area contributed by atoms with Gasteiger partial charge < -0.3 is 10.1 Å². The molecule has 0 spiro atoms. The average Bonchev–Trinajstić information content (AvgIpc) is 3.10. The zero-order chi connectivity index (χ0) is 20.2. The number of hydrogen-bond acceptors (Lipinski definition) is 5. The molecular weight excluding hydrogens is 384 g/mol. The molecule has 0 atom stereocenters. The minimum Gasteiger partial charge on any atom is -0.482 e. The van der Waals surface area contributed by atoms with Crippen molar-refractivity contribution < 1.29 is 9.53 Å². The highest BCUT2D eigenvalue weighted by Crippen LogP contribution is 2.33. The van der Waals surface area contributed by atoms with Crippen LogP contribution in [0.2, 0.25) is 0 Å². The third kappa shape index (κ3) is 4.78. The Balaban J connectivity index is 1.72. The molecule has 1 fully saturated rings. The summed E-state index contributed by atoms with van der Waals surface area (Å²) in [5, 5.41) is 9.75. The highest BCUT2D eigenvalue weighted by atomic mass is 32.1. The van der Waals surface area contributed by atoms with Gasteiger partial charge in [-0.25, -0.2) is 4.68 Å². The smallest absolute Gasteiger partial charge is 0.262 e. The van der Waals surface area contributed by atoms with Crippen molar-refractivity contribution in [2.75, 3.05) is 11.9 Å². The molecular formula is C22H28N4O2S. The van der Waals surface area contributed by atoms with Gasteiger partial charge in [-0.15, -0.1) is 11.3 Å². The van der Waals surface area contributed by atoms with Gasteiger partial charge in [0.25, 0.3) is 5.91 Å². The monoisotopic (exact) mass is 412 g/mol. The van der Waals surface area contributed by atoms with Crippen LogP contribution in [0.3, 0.4) is 0 Å². The number of anilines is 1. The summed E-state index contributed by atoms with van der Waals surface area (Å²) in [4.78, 5) is 17.7. The molecule has 0 radical (unpaired) electrons. The SMILES string of the molecule is CC(C)CC=Nn1c(-c2ccc3c(c2)NC(=O)CO3)csc1=NC1CCCCC1. The Bertz CT molecular complexity index is 967. The Hall–Kier alpha value is -2.41. The lowest BCUT2D eigenvalue weighted by Gasteiger charge is -2.18. The van der Waals surface area contributed by atoms with Gasteiger partial charge in [-0.2, -0.15) is 5.10 Å². The van der Waals surface area contributed by atoms with Crippen LogP contribution in [-0.2, 0) is 4.79 Å². The van der Waals surface area contributed by atoms with Crippen LogP contribution in [0.15, 0.2) is 33.7 Å². The van der Waals surface area contributed by atoms with Crippen molar-refractivity contribution in [1.29, 1.82) is 0 Å². The van der Waals surface area contributed by atoms with Crippen molar-refractivity contribution in [3.63, 3.8) is 0 Å².